The van der Waals surface area contributed by atoms with E-state index in [1.54, 1.807) is 0 Å². The molecule has 0 amide bonds. The van der Waals surface area contributed by atoms with Gasteiger partial charge in [0.2, 0.25) is 5.43 Å². The third kappa shape index (κ3) is 3.76. The van der Waals surface area contributed by atoms with Crippen molar-refractivity contribution in [1.82, 2.24) is 4.68 Å². The number of pyridine rings is 1. The maximum atomic E-state index is 11.8. The monoisotopic (exact) mass is 310 g/mol. The average Bonchev–Trinajstić information content (AvgIpc) is 2.48. The average molecular weight is 311 g/mol. The molecule has 0 aliphatic heterocycles. The SMILES string of the molecule is COC(=O)c1c(OCc2ccccc2)c(=O)ccn1N.Cl. The Morgan fingerprint density at radius 1 is 1.24 bits per heavy atom. The molecule has 0 atom stereocenters. The quantitative estimate of drug-likeness (QED) is 0.681. The molecule has 6 nitrogen and oxygen atoms in total. The van der Waals surface area contributed by atoms with Crippen molar-refractivity contribution in [2.45, 2.75) is 6.61 Å². The highest BCUT2D eigenvalue weighted by atomic mass is 35.5. The standard InChI is InChI=1S/C14H14N2O4.ClH/c1-19-14(18)12-13(11(17)7-8-16(12)15)20-9-10-5-3-2-4-6-10;/h2-8H,9,15H2,1H3;1H. The van der Waals surface area contributed by atoms with Crippen LogP contribution in [0.1, 0.15) is 16.1 Å². The zero-order chi connectivity index (χ0) is 14.5. The highest BCUT2D eigenvalue weighted by molar-refractivity contribution is 5.90. The van der Waals surface area contributed by atoms with Crippen LogP contribution in [0.5, 0.6) is 5.75 Å². The summed E-state index contributed by atoms with van der Waals surface area (Å²) in [5.74, 6) is 4.78. The molecule has 21 heavy (non-hydrogen) atoms. The zero-order valence-corrected chi connectivity index (χ0v) is 12.1. The van der Waals surface area contributed by atoms with Crippen LogP contribution >= 0.6 is 12.4 Å². The highest BCUT2D eigenvalue weighted by Gasteiger charge is 2.20. The molecule has 0 saturated heterocycles. The minimum atomic E-state index is -0.728. The summed E-state index contributed by atoms with van der Waals surface area (Å²) < 4.78 is 11.1. The Bertz CT molecular complexity index is 670. The summed E-state index contributed by atoms with van der Waals surface area (Å²) in [7, 11) is 1.21. The van der Waals surface area contributed by atoms with Gasteiger partial charge in [0.1, 0.15) is 6.61 Å². The lowest BCUT2D eigenvalue weighted by Crippen LogP contribution is -2.25. The number of aromatic nitrogens is 1. The highest BCUT2D eigenvalue weighted by Crippen LogP contribution is 2.14. The minimum absolute atomic E-state index is 0. The third-order valence-electron chi connectivity index (χ3n) is 2.69. The maximum absolute atomic E-state index is 11.8. The van der Waals surface area contributed by atoms with Crippen molar-refractivity contribution >= 4 is 18.4 Å². The van der Waals surface area contributed by atoms with Gasteiger partial charge in [-0.2, -0.15) is 0 Å². The van der Waals surface area contributed by atoms with Crippen molar-refractivity contribution < 1.29 is 14.3 Å². The second kappa shape index (κ2) is 7.35. The van der Waals surface area contributed by atoms with Gasteiger partial charge in [0.05, 0.1) is 7.11 Å². The Hall–Kier alpha value is -2.47. The van der Waals surface area contributed by atoms with Crippen LogP contribution in [0.15, 0.2) is 47.4 Å². The van der Waals surface area contributed by atoms with Gasteiger partial charge in [-0.05, 0) is 5.56 Å². The molecule has 1 heterocycles. The van der Waals surface area contributed by atoms with Crippen molar-refractivity contribution in [2.75, 3.05) is 13.0 Å². The lowest BCUT2D eigenvalue weighted by Gasteiger charge is -2.12. The molecule has 112 valence electrons. The molecular weight excluding hydrogens is 296 g/mol. The number of nitrogens with two attached hydrogens (primary N) is 1. The summed E-state index contributed by atoms with van der Waals surface area (Å²) >= 11 is 0. The number of methoxy groups -OCH3 is 1. The van der Waals surface area contributed by atoms with Crippen LogP contribution in [-0.4, -0.2) is 17.8 Å². The van der Waals surface area contributed by atoms with Crippen molar-refractivity contribution in [2.24, 2.45) is 0 Å². The molecule has 0 aliphatic rings. The first-order valence-electron chi connectivity index (χ1n) is 5.89. The maximum Gasteiger partial charge on any atom is 0.360 e. The van der Waals surface area contributed by atoms with E-state index in [0.717, 1.165) is 10.2 Å². The molecule has 1 aromatic heterocycles. The molecule has 0 unspecified atom stereocenters. The number of hydrogen-bond donors (Lipinski definition) is 1. The normalized spacial score (nSPS) is 9.57. The van der Waals surface area contributed by atoms with Crippen LogP contribution in [-0.2, 0) is 11.3 Å². The molecule has 7 heteroatoms. The molecule has 0 spiro atoms. The Morgan fingerprint density at radius 2 is 1.90 bits per heavy atom. The summed E-state index contributed by atoms with van der Waals surface area (Å²) in [6.07, 6.45) is 1.28. The van der Waals surface area contributed by atoms with Gasteiger partial charge in [-0.1, -0.05) is 30.3 Å². The van der Waals surface area contributed by atoms with Crippen molar-refractivity contribution in [3.8, 4) is 5.75 Å². The lowest BCUT2D eigenvalue weighted by molar-refractivity contribution is 0.0583. The number of hydrogen-bond acceptors (Lipinski definition) is 5. The molecule has 2 N–H and O–H groups in total. The molecular formula is C14H15ClN2O4. The van der Waals surface area contributed by atoms with E-state index in [4.69, 9.17) is 10.6 Å². The number of esters is 1. The van der Waals surface area contributed by atoms with E-state index in [0.29, 0.717) is 0 Å². The second-order valence-electron chi connectivity index (χ2n) is 4.03. The van der Waals surface area contributed by atoms with Crippen molar-refractivity contribution in [1.29, 1.82) is 0 Å². The van der Waals surface area contributed by atoms with E-state index in [2.05, 4.69) is 4.74 Å². The van der Waals surface area contributed by atoms with Gasteiger partial charge in [-0.3, -0.25) is 9.47 Å². The summed E-state index contributed by atoms with van der Waals surface area (Å²) in [5, 5.41) is 0. The van der Waals surface area contributed by atoms with Crippen LogP contribution in [0.4, 0.5) is 0 Å². The molecule has 0 bridgehead atoms. The molecule has 0 fully saturated rings. The largest absolute Gasteiger partial charge is 0.482 e. The van der Waals surface area contributed by atoms with Gasteiger partial charge in [0.25, 0.3) is 0 Å². The Kier molecular flexibility index (Phi) is 5.80. The van der Waals surface area contributed by atoms with Gasteiger partial charge in [-0.25, -0.2) is 4.79 Å². The third-order valence-corrected chi connectivity index (χ3v) is 2.69. The number of carbonyl (C=O) groups excluding carboxylic acids is 1. The minimum Gasteiger partial charge on any atom is -0.482 e. The van der Waals surface area contributed by atoms with Gasteiger partial charge in [-0.15, -0.1) is 12.4 Å². The van der Waals surface area contributed by atoms with Crippen LogP contribution in [0.3, 0.4) is 0 Å². The summed E-state index contributed by atoms with van der Waals surface area (Å²) in [5.41, 5.74) is 0.328. The van der Waals surface area contributed by atoms with Gasteiger partial charge in [0.15, 0.2) is 11.4 Å². The number of nitrogen functional groups attached to an aromatic ring is 1. The van der Waals surface area contributed by atoms with E-state index in [1.165, 1.54) is 19.4 Å². The van der Waals surface area contributed by atoms with E-state index in [9.17, 15) is 9.59 Å². The van der Waals surface area contributed by atoms with E-state index in [-0.39, 0.29) is 30.5 Å². The number of benzene rings is 1. The molecule has 0 aliphatic carbocycles. The number of ether oxygens (including phenoxy) is 2. The Morgan fingerprint density at radius 3 is 2.52 bits per heavy atom. The molecule has 2 rings (SSSR count). The Labute approximate surface area is 127 Å². The van der Waals surface area contributed by atoms with Crippen LogP contribution < -0.4 is 16.0 Å². The number of halogens is 1. The topological polar surface area (TPSA) is 83.5 Å². The summed E-state index contributed by atoms with van der Waals surface area (Å²) in [4.78, 5) is 23.5. The van der Waals surface area contributed by atoms with Gasteiger partial charge < -0.3 is 15.3 Å². The fourth-order valence-electron chi connectivity index (χ4n) is 1.70. The number of nitrogens with zero attached hydrogens (tertiary/aromatic N) is 1. The van der Waals surface area contributed by atoms with Crippen molar-refractivity contribution in [3.05, 3.63) is 64.1 Å². The molecule has 0 saturated carbocycles. The first-order chi connectivity index (χ1) is 9.63. The van der Waals surface area contributed by atoms with Gasteiger partial charge >= 0.3 is 5.97 Å². The smallest absolute Gasteiger partial charge is 0.360 e. The lowest BCUT2D eigenvalue weighted by atomic mass is 10.2. The van der Waals surface area contributed by atoms with Crippen molar-refractivity contribution in [3.63, 3.8) is 0 Å². The van der Waals surface area contributed by atoms with E-state index < -0.39 is 11.4 Å². The summed E-state index contributed by atoms with van der Waals surface area (Å²) in [6.45, 7) is 0.157. The molecule has 2 aromatic rings. The predicted octanol–water partition coefficient (Wildman–Crippen LogP) is 1.35. The van der Waals surface area contributed by atoms with Crippen LogP contribution in [0.25, 0.3) is 0 Å². The summed E-state index contributed by atoms with van der Waals surface area (Å²) in [6, 6.07) is 10.5. The molecule has 1 aromatic carbocycles. The van der Waals surface area contributed by atoms with Gasteiger partial charge in [0, 0.05) is 12.3 Å². The second-order valence-corrected chi connectivity index (χ2v) is 4.03. The van der Waals surface area contributed by atoms with Crippen LogP contribution in [0, 0.1) is 0 Å². The number of carbonyl (C=O) groups is 1. The van der Waals surface area contributed by atoms with E-state index in [1.807, 2.05) is 30.3 Å². The fourth-order valence-corrected chi connectivity index (χ4v) is 1.70. The zero-order valence-electron chi connectivity index (χ0n) is 11.3. The Balaban J connectivity index is 0.00000220. The van der Waals surface area contributed by atoms with E-state index >= 15 is 0 Å². The first kappa shape index (κ1) is 16.6. The predicted molar refractivity (Wildman–Crippen MR) is 80.2 cm³/mol. The number of rotatable bonds is 4. The molecule has 0 radical (unpaired) electrons. The first-order valence-corrected chi connectivity index (χ1v) is 5.89. The fraction of sp³-hybridized carbons (Fsp3) is 0.143. The van der Waals surface area contributed by atoms with Crippen LogP contribution in [0.2, 0.25) is 0 Å².